The van der Waals surface area contributed by atoms with Crippen LogP contribution in [-0.2, 0) is 0 Å². The first kappa shape index (κ1) is 14.2. The van der Waals surface area contributed by atoms with Gasteiger partial charge in [0.25, 0.3) is 0 Å². The lowest BCUT2D eigenvalue weighted by atomic mass is 10.1. The van der Waals surface area contributed by atoms with Crippen molar-refractivity contribution in [2.75, 3.05) is 5.32 Å². The van der Waals surface area contributed by atoms with Crippen molar-refractivity contribution in [1.29, 1.82) is 0 Å². The molecule has 2 nitrogen and oxygen atoms in total. The molecule has 2 heteroatoms. The third-order valence-electron chi connectivity index (χ3n) is 3.60. The van der Waals surface area contributed by atoms with Gasteiger partial charge < -0.3 is 5.32 Å². The average molecular weight is 287 g/mol. The van der Waals surface area contributed by atoms with Crippen LogP contribution in [0.5, 0.6) is 0 Å². The molecule has 0 aliphatic rings. The minimum atomic E-state index is 0.980. The monoisotopic (exact) mass is 287 g/mol. The second-order valence-electron chi connectivity index (χ2n) is 5.39. The van der Waals surface area contributed by atoms with Crippen LogP contribution in [-0.4, -0.2) is 0 Å². The summed E-state index contributed by atoms with van der Waals surface area (Å²) < 4.78 is 0. The van der Waals surface area contributed by atoms with Gasteiger partial charge >= 0.3 is 0 Å². The second-order valence-corrected chi connectivity index (χ2v) is 5.39. The Labute approximate surface area is 131 Å². The molecule has 3 aromatic carbocycles. The quantitative estimate of drug-likeness (QED) is 0.662. The molecule has 1 radical (unpaired) electrons. The molecule has 0 aromatic heterocycles. The van der Waals surface area contributed by atoms with E-state index in [1.807, 2.05) is 48.5 Å². The van der Waals surface area contributed by atoms with Gasteiger partial charge in [0.05, 0.1) is 11.4 Å². The Balaban J connectivity index is 1.85. The third-order valence-corrected chi connectivity index (χ3v) is 3.60. The summed E-state index contributed by atoms with van der Waals surface area (Å²) in [5.74, 6) is 0. The van der Waals surface area contributed by atoms with Crippen molar-refractivity contribution in [1.82, 2.24) is 5.32 Å². The Bertz CT molecular complexity index is 682. The normalized spacial score (nSPS) is 10.3. The summed E-state index contributed by atoms with van der Waals surface area (Å²) in [7, 11) is 0. The predicted molar refractivity (Wildman–Crippen MR) is 93.5 cm³/mol. The van der Waals surface area contributed by atoms with Crippen LogP contribution >= 0.6 is 0 Å². The van der Waals surface area contributed by atoms with Crippen LogP contribution in [0, 0.1) is 13.8 Å². The molecule has 0 aliphatic carbocycles. The van der Waals surface area contributed by atoms with Gasteiger partial charge in [0, 0.05) is 11.4 Å². The standard InChI is InChI=1S/C20H19N2/c1-15-13-20(22-18-11-7-4-8-12-18)16(2)14-19(15)21-17-9-5-3-6-10-17/h3-14,21H,1-2H3. The first-order valence-electron chi connectivity index (χ1n) is 7.42. The molecule has 3 aromatic rings. The summed E-state index contributed by atoms with van der Waals surface area (Å²) in [6, 6.07) is 24.6. The largest absolute Gasteiger partial charge is 0.355 e. The van der Waals surface area contributed by atoms with Crippen molar-refractivity contribution >= 4 is 22.7 Å². The van der Waals surface area contributed by atoms with E-state index in [-0.39, 0.29) is 0 Å². The summed E-state index contributed by atoms with van der Waals surface area (Å²) in [4.78, 5) is 0. The molecule has 109 valence electrons. The Hall–Kier alpha value is -2.74. The maximum absolute atomic E-state index is 4.72. The molecular weight excluding hydrogens is 268 g/mol. The van der Waals surface area contributed by atoms with Crippen molar-refractivity contribution in [3.05, 3.63) is 83.9 Å². The first-order valence-corrected chi connectivity index (χ1v) is 7.42. The lowest BCUT2D eigenvalue weighted by Gasteiger charge is -2.14. The van der Waals surface area contributed by atoms with Crippen molar-refractivity contribution in [3.63, 3.8) is 0 Å². The van der Waals surface area contributed by atoms with E-state index in [0.717, 1.165) is 28.3 Å². The predicted octanol–water partition coefficient (Wildman–Crippen LogP) is 5.61. The molecule has 0 atom stereocenters. The van der Waals surface area contributed by atoms with Crippen LogP contribution in [0.2, 0.25) is 0 Å². The molecule has 0 bridgehead atoms. The van der Waals surface area contributed by atoms with Crippen molar-refractivity contribution in [3.8, 4) is 0 Å². The summed E-state index contributed by atoms with van der Waals surface area (Å²) in [6.45, 7) is 4.20. The van der Waals surface area contributed by atoms with E-state index in [1.54, 1.807) is 0 Å². The lowest BCUT2D eigenvalue weighted by molar-refractivity contribution is 1.15. The van der Waals surface area contributed by atoms with Crippen LogP contribution in [0.1, 0.15) is 11.1 Å². The van der Waals surface area contributed by atoms with Gasteiger partial charge in [-0.1, -0.05) is 36.4 Å². The van der Waals surface area contributed by atoms with Gasteiger partial charge in [-0.2, -0.15) is 0 Å². The van der Waals surface area contributed by atoms with Crippen molar-refractivity contribution in [2.24, 2.45) is 0 Å². The Morgan fingerprint density at radius 3 is 2.05 bits per heavy atom. The minimum Gasteiger partial charge on any atom is -0.355 e. The van der Waals surface area contributed by atoms with Gasteiger partial charge in [-0.25, -0.2) is 5.32 Å². The fourth-order valence-corrected chi connectivity index (χ4v) is 2.37. The Morgan fingerprint density at radius 1 is 0.727 bits per heavy atom. The zero-order valence-corrected chi connectivity index (χ0v) is 12.9. The minimum absolute atomic E-state index is 0.980. The highest BCUT2D eigenvalue weighted by atomic mass is 14.9. The van der Waals surface area contributed by atoms with Crippen LogP contribution < -0.4 is 10.6 Å². The molecule has 22 heavy (non-hydrogen) atoms. The van der Waals surface area contributed by atoms with Crippen LogP contribution in [0.4, 0.5) is 22.7 Å². The molecule has 0 saturated carbocycles. The summed E-state index contributed by atoms with van der Waals surface area (Å²) >= 11 is 0. The molecule has 0 fully saturated rings. The molecular formula is C20H19N2. The molecule has 1 N–H and O–H groups in total. The fourth-order valence-electron chi connectivity index (χ4n) is 2.37. The lowest BCUT2D eigenvalue weighted by Crippen LogP contribution is -1.97. The number of aryl methyl sites for hydroxylation is 2. The van der Waals surface area contributed by atoms with Gasteiger partial charge in [0.15, 0.2) is 0 Å². The highest BCUT2D eigenvalue weighted by Gasteiger charge is 2.06. The van der Waals surface area contributed by atoms with E-state index in [1.165, 1.54) is 5.56 Å². The summed E-state index contributed by atoms with van der Waals surface area (Å²) in [5, 5.41) is 8.18. The first-order chi connectivity index (χ1) is 10.7. The molecule has 0 unspecified atom stereocenters. The smallest absolute Gasteiger partial charge is 0.0670 e. The summed E-state index contributed by atoms with van der Waals surface area (Å²) in [5.41, 5.74) is 6.56. The van der Waals surface area contributed by atoms with Gasteiger partial charge in [-0.15, -0.1) is 0 Å². The third kappa shape index (κ3) is 3.29. The molecule has 0 saturated heterocycles. The maximum Gasteiger partial charge on any atom is 0.0670 e. The SMILES string of the molecule is Cc1cc(Nc2ccccc2)c(C)cc1[N]c1ccccc1. The fraction of sp³-hybridized carbons (Fsp3) is 0.100. The van der Waals surface area contributed by atoms with Crippen LogP contribution in [0.15, 0.2) is 72.8 Å². The number of hydrogen-bond acceptors (Lipinski definition) is 1. The van der Waals surface area contributed by atoms with E-state index in [4.69, 9.17) is 5.32 Å². The van der Waals surface area contributed by atoms with Crippen LogP contribution in [0.3, 0.4) is 0 Å². The Kier molecular flexibility index (Phi) is 4.10. The van der Waals surface area contributed by atoms with E-state index < -0.39 is 0 Å². The molecule has 0 aliphatic heterocycles. The zero-order valence-electron chi connectivity index (χ0n) is 12.9. The zero-order chi connectivity index (χ0) is 15.4. The maximum atomic E-state index is 4.72. The number of anilines is 2. The average Bonchev–Trinajstić information content (AvgIpc) is 2.54. The highest BCUT2D eigenvalue weighted by Crippen LogP contribution is 2.29. The topological polar surface area (TPSA) is 26.1 Å². The number of para-hydroxylation sites is 2. The van der Waals surface area contributed by atoms with E-state index >= 15 is 0 Å². The molecule has 0 spiro atoms. The van der Waals surface area contributed by atoms with E-state index in [2.05, 4.69) is 43.4 Å². The van der Waals surface area contributed by atoms with Crippen molar-refractivity contribution < 1.29 is 0 Å². The van der Waals surface area contributed by atoms with Gasteiger partial charge in [-0.3, -0.25) is 0 Å². The van der Waals surface area contributed by atoms with E-state index in [0.29, 0.717) is 0 Å². The van der Waals surface area contributed by atoms with Crippen molar-refractivity contribution in [2.45, 2.75) is 13.8 Å². The summed E-state index contributed by atoms with van der Waals surface area (Å²) in [6.07, 6.45) is 0. The Morgan fingerprint density at radius 2 is 1.36 bits per heavy atom. The van der Waals surface area contributed by atoms with E-state index in [9.17, 15) is 0 Å². The highest BCUT2D eigenvalue weighted by molar-refractivity contribution is 5.68. The van der Waals surface area contributed by atoms with Gasteiger partial charge in [-0.05, 0) is 61.4 Å². The van der Waals surface area contributed by atoms with Gasteiger partial charge in [0.1, 0.15) is 0 Å². The number of nitrogens with one attached hydrogen (secondary N) is 1. The molecule has 0 amide bonds. The number of nitrogens with zero attached hydrogens (tertiary/aromatic N) is 1. The van der Waals surface area contributed by atoms with Gasteiger partial charge in [0.2, 0.25) is 0 Å². The number of benzene rings is 3. The number of rotatable bonds is 4. The van der Waals surface area contributed by atoms with Crippen LogP contribution in [0.25, 0.3) is 0 Å². The molecule has 0 heterocycles. The molecule has 3 rings (SSSR count). The second kappa shape index (κ2) is 6.35. The number of hydrogen-bond donors (Lipinski definition) is 1.